The number of carbonyl (C=O) groups is 1. The number of benzene rings is 2. The molecule has 0 unspecified atom stereocenters. The van der Waals surface area contributed by atoms with Gasteiger partial charge in [-0.15, -0.1) is 0 Å². The predicted molar refractivity (Wildman–Crippen MR) is 87.6 cm³/mol. The number of rotatable bonds is 2. The molecule has 2 N–H and O–H groups in total. The highest BCUT2D eigenvalue weighted by Crippen LogP contribution is 2.41. The van der Waals surface area contributed by atoms with E-state index in [1.165, 1.54) is 10.6 Å². The summed E-state index contributed by atoms with van der Waals surface area (Å²) in [4.78, 5) is 28.5. The molecule has 1 atom stereocenters. The molecule has 24 heavy (non-hydrogen) atoms. The summed E-state index contributed by atoms with van der Waals surface area (Å²) >= 11 is 5.96. The van der Waals surface area contributed by atoms with Gasteiger partial charge in [-0.1, -0.05) is 29.8 Å². The largest absolute Gasteiger partial charge is 0.481 e. The number of aliphatic hydroxyl groups is 1. The lowest BCUT2D eigenvalue weighted by molar-refractivity contribution is -0.141. The third-order valence-electron chi connectivity index (χ3n) is 4.20. The second kappa shape index (κ2) is 4.90. The maximum atomic E-state index is 12.9. The molecule has 4 rings (SSSR count). The van der Waals surface area contributed by atoms with Gasteiger partial charge in [-0.05, 0) is 24.3 Å². The molecule has 0 saturated heterocycles. The van der Waals surface area contributed by atoms with Gasteiger partial charge >= 0.3 is 5.97 Å². The van der Waals surface area contributed by atoms with E-state index in [1.807, 2.05) is 0 Å². The Hall–Kier alpha value is -2.70. The van der Waals surface area contributed by atoms with Crippen LogP contribution >= 0.6 is 11.6 Å². The summed E-state index contributed by atoms with van der Waals surface area (Å²) in [6.07, 6.45) is -0.595. The Morgan fingerprint density at radius 2 is 2.00 bits per heavy atom. The number of nitrogens with zero attached hydrogens (tertiary/aromatic N) is 2. The van der Waals surface area contributed by atoms with E-state index in [0.29, 0.717) is 27.2 Å². The van der Waals surface area contributed by atoms with Gasteiger partial charge in [0, 0.05) is 10.6 Å². The zero-order valence-electron chi connectivity index (χ0n) is 12.2. The molecule has 1 aliphatic heterocycles. The van der Waals surface area contributed by atoms with Crippen molar-refractivity contribution in [2.75, 3.05) is 0 Å². The van der Waals surface area contributed by atoms with Crippen molar-refractivity contribution in [3.63, 3.8) is 0 Å². The SMILES string of the molecule is O=C(O)C[C@]1(O)c2ccccc2-n2c1nc1cc(Cl)ccc1c2=O. The number of hydrogen-bond donors (Lipinski definition) is 2. The van der Waals surface area contributed by atoms with Crippen LogP contribution in [0.1, 0.15) is 17.8 Å². The fourth-order valence-electron chi connectivity index (χ4n) is 3.19. The molecule has 0 aliphatic carbocycles. The average molecular weight is 343 g/mol. The van der Waals surface area contributed by atoms with Gasteiger partial charge in [0.05, 0.1) is 23.0 Å². The standard InChI is InChI=1S/C17H11ClN2O4/c18-9-5-6-10-12(7-9)19-16-17(24,8-14(21)22)11-3-1-2-4-13(11)20(16)15(10)23/h1-7,24H,8H2,(H,21,22)/t17-/m0/s1. The number of hydrogen-bond acceptors (Lipinski definition) is 4. The highest BCUT2D eigenvalue weighted by atomic mass is 35.5. The van der Waals surface area contributed by atoms with Crippen LogP contribution in [0.5, 0.6) is 0 Å². The topological polar surface area (TPSA) is 92.4 Å². The maximum Gasteiger partial charge on any atom is 0.307 e. The molecule has 0 radical (unpaired) electrons. The van der Waals surface area contributed by atoms with E-state index in [4.69, 9.17) is 11.6 Å². The number of carboxylic acids is 1. The molecule has 1 aliphatic rings. The maximum absolute atomic E-state index is 12.9. The minimum Gasteiger partial charge on any atom is -0.481 e. The van der Waals surface area contributed by atoms with Gasteiger partial charge in [-0.25, -0.2) is 4.98 Å². The zero-order valence-corrected chi connectivity index (χ0v) is 13.0. The predicted octanol–water partition coefficient (Wildman–Crippen LogP) is 2.06. The van der Waals surface area contributed by atoms with Crippen LogP contribution in [0.4, 0.5) is 0 Å². The van der Waals surface area contributed by atoms with Gasteiger partial charge in [0.2, 0.25) is 0 Å². The molecule has 6 nitrogen and oxygen atoms in total. The Kier molecular flexibility index (Phi) is 3.03. The fraction of sp³-hybridized carbons (Fsp3) is 0.118. The van der Waals surface area contributed by atoms with E-state index in [1.54, 1.807) is 36.4 Å². The van der Waals surface area contributed by atoms with Crippen LogP contribution in [0.2, 0.25) is 5.02 Å². The molecule has 7 heteroatoms. The van der Waals surface area contributed by atoms with Crippen molar-refractivity contribution < 1.29 is 15.0 Å². The third-order valence-corrected chi connectivity index (χ3v) is 4.43. The second-order valence-corrected chi connectivity index (χ2v) is 6.12. The van der Waals surface area contributed by atoms with Crippen molar-refractivity contribution in [1.29, 1.82) is 0 Å². The summed E-state index contributed by atoms with van der Waals surface area (Å²) in [5.41, 5.74) is -1.15. The van der Waals surface area contributed by atoms with Gasteiger partial charge in [0.25, 0.3) is 5.56 Å². The van der Waals surface area contributed by atoms with Crippen LogP contribution < -0.4 is 5.56 Å². The van der Waals surface area contributed by atoms with Gasteiger partial charge in [-0.3, -0.25) is 14.2 Å². The van der Waals surface area contributed by atoms with Crippen molar-refractivity contribution in [3.05, 3.63) is 69.2 Å². The van der Waals surface area contributed by atoms with Gasteiger partial charge in [0.15, 0.2) is 11.4 Å². The molecule has 120 valence electrons. The first-order valence-corrected chi connectivity index (χ1v) is 7.56. The molecule has 1 aromatic heterocycles. The summed E-state index contributed by atoms with van der Waals surface area (Å²) < 4.78 is 1.27. The van der Waals surface area contributed by atoms with Gasteiger partial charge < -0.3 is 10.2 Å². The quantitative estimate of drug-likeness (QED) is 0.743. The normalized spacial score (nSPS) is 18.4. The van der Waals surface area contributed by atoms with E-state index in [9.17, 15) is 19.8 Å². The summed E-state index contributed by atoms with van der Waals surface area (Å²) in [6.45, 7) is 0. The fourth-order valence-corrected chi connectivity index (χ4v) is 3.36. The summed E-state index contributed by atoms with van der Waals surface area (Å²) in [5, 5.41) is 21.0. The summed E-state index contributed by atoms with van der Waals surface area (Å²) in [7, 11) is 0. The molecule has 0 fully saturated rings. The zero-order chi connectivity index (χ0) is 17.1. The van der Waals surface area contributed by atoms with Crippen LogP contribution in [0.15, 0.2) is 47.3 Å². The first kappa shape index (κ1) is 14.9. The highest BCUT2D eigenvalue weighted by Gasteiger charge is 2.46. The van der Waals surface area contributed by atoms with Crippen molar-refractivity contribution in [1.82, 2.24) is 9.55 Å². The number of fused-ring (bicyclic) bond motifs is 4. The van der Waals surface area contributed by atoms with Crippen LogP contribution in [-0.2, 0) is 10.4 Å². The van der Waals surface area contributed by atoms with E-state index in [0.717, 1.165) is 0 Å². The molecule has 2 aromatic carbocycles. The smallest absolute Gasteiger partial charge is 0.307 e. The molecular formula is C17H11ClN2O4. The summed E-state index contributed by atoms with van der Waals surface area (Å²) in [5.74, 6) is -1.20. The van der Waals surface area contributed by atoms with Crippen molar-refractivity contribution in [2.45, 2.75) is 12.0 Å². The lowest BCUT2D eigenvalue weighted by Crippen LogP contribution is -2.32. The number of aliphatic carboxylic acids is 1. The lowest BCUT2D eigenvalue weighted by Gasteiger charge is -2.21. The average Bonchev–Trinajstić information content (AvgIpc) is 2.76. The molecule has 2 heterocycles. The lowest BCUT2D eigenvalue weighted by atomic mass is 9.91. The number of carboxylic acid groups (broad SMARTS) is 1. The van der Waals surface area contributed by atoms with Gasteiger partial charge in [-0.2, -0.15) is 0 Å². The first-order chi connectivity index (χ1) is 11.4. The van der Waals surface area contributed by atoms with Crippen LogP contribution in [-0.4, -0.2) is 25.7 Å². The Morgan fingerprint density at radius 3 is 2.75 bits per heavy atom. The van der Waals surface area contributed by atoms with E-state index in [-0.39, 0.29) is 11.4 Å². The van der Waals surface area contributed by atoms with Crippen LogP contribution in [0.25, 0.3) is 16.6 Å². The van der Waals surface area contributed by atoms with Crippen molar-refractivity contribution >= 4 is 28.5 Å². The molecule has 0 saturated carbocycles. The van der Waals surface area contributed by atoms with Crippen molar-refractivity contribution in [3.8, 4) is 5.69 Å². The van der Waals surface area contributed by atoms with Crippen molar-refractivity contribution in [2.24, 2.45) is 0 Å². The number of para-hydroxylation sites is 1. The first-order valence-electron chi connectivity index (χ1n) is 7.18. The molecule has 0 spiro atoms. The van der Waals surface area contributed by atoms with Crippen LogP contribution in [0.3, 0.4) is 0 Å². The summed E-state index contributed by atoms with van der Waals surface area (Å²) in [6, 6.07) is 11.3. The Labute approximate surface area is 140 Å². The molecule has 3 aromatic rings. The Balaban J connectivity index is 2.15. The van der Waals surface area contributed by atoms with E-state index >= 15 is 0 Å². The van der Waals surface area contributed by atoms with E-state index in [2.05, 4.69) is 4.98 Å². The second-order valence-electron chi connectivity index (χ2n) is 5.69. The molecule has 0 bridgehead atoms. The molecule has 0 amide bonds. The van der Waals surface area contributed by atoms with Gasteiger partial charge in [0.1, 0.15) is 0 Å². The minimum absolute atomic E-state index is 0.00846. The van der Waals surface area contributed by atoms with Crippen LogP contribution in [0, 0.1) is 0 Å². The number of aromatic nitrogens is 2. The minimum atomic E-state index is -1.88. The number of halogens is 1. The Morgan fingerprint density at radius 1 is 1.25 bits per heavy atom. The monoisotopic (exact) mass is 342 g/mol. The highest BCUT2D eigenvalue weighted by molar-refractivity contribution is 6.31. The molecular weight excluding hydrogens is 332 g/mol. The van der Waals surface area contributed by atoms with E-state index < -0.39 is 18.0 Å². The Bertz CT molecular complexity index is 1080. The third kappa shape index (κ3) is 1.90.